The van der Waals surface area contributed by atoms with E-state index in [1.165, 1.54) is 11.3 Å². The third kappa shape index (κ3) is 3.08. The van der Waals surface area contributed by atoms with Crippen molar-refractivity contribution >= 4 is 55.6 Å². The zero-order chi connectivity index (χ0) is 18.1. The number of nitrogens with one attached hydrogen (secondary N) is 1. The Morgan fingerprint density at radius 2 is 2.15 bits per heavy atom. The number of halogens is 1. The number of aromatic amines is 1. The Balaban J connectivity index is 1.79. The fraction of sp³-hybridized carbons (Fsp3) is 0. The molecule has 0 radical (unpaired) electrons. The normalized spacial score (nSPS) is 11.6. The minimum absolute atomic E-state index is 0.216. The largest absolute Gasteiger partial charge is 0.305 e. The summed E-state index contributed by atoms with van der Waals surface area (Å²) in [5.74, 6) is 0.311. The first-order valence-electron chi connectivity index (χ1n) is 7.59. The fourth-order valence-corrected chi connectivity index (χ4v) is 4.57. The first-order chi connectivity index (χ1) is 12.7. The Bertz CT molecular complexity index is 1230. The number of hydrogen-bond acceptors (Lipinski definition) is 5. The number of nitrogens with zero attached hydrogens (tertiary/aromatic N) is 2. The van der Waals surface area contributed by atoms with Crippen LogP contribution in [-0.2, 0) is 0 Å². The van der Waals surface area contributed by atoms with Gasteiger partial charge in [-0.25, -0.2) is 4.98 Å². The molecule has 0 aliphatic carbocycles. The van der Waals surface area contributed by atoms with Gasteiger partial charge in [0.25, 0.3) is 5.56 Å². The zero-order valence-corrected chi connectivity index (χ0v) is 15.6. The summed E-state index contributed by atoms with van der Waals surface area (Å²) in [5, 5.41) is 13.8. The summed E-state index contributed by atoms with van der Waals surface area (Å²) in [4.78, 5) is 21.6. The Kier molecular flexibility index (Phi) is 4.43. The number of hydrogen-bond donors (Lipinski definition) is 1. The van der Waals surface area contributed by atoms with E-state index in [2.05, 4.69) is 16.0 Å². The molecule has 0 saturated heterocycles. The number of H-pyrrole nitrogens is 1. The van der Waals surface area contributed by atoms with E-state index in [0.29, 0.717) is 26.6 Å². The number of benzene rings is 1. The lowest BCUT2D eigenvalue weighted by atomic mass is 10.1. The van der Waals surface area contributed by atoms with Crippen LogP contribution in [0, 0.1) is 11.3 Å². The predicted molar refractivity (Wildman–Crippen MR) is 108 cm³/mol. The van der Waals surface area contributed by atoms with E-state index in [4.69, 9.17) is 16.9 Å². The molecule has 7 heteroatoms. The molecule has 1 aromatic carbocycles. The molecule has 0 aliphatic heterocycles. The number of thiophene rings is 2. The van der Waals surface area contributed by atoms with Crippen LogP contribution in [0.2, 0.25) is 0 Å². The maximum Gasteiger partial charge on any atom is 0.260 e. The first-order valence-corrected chi connectivity index (χ1v) is 9.72. The minimum Gasteiger partial charge on any atom is -0.305 e. The summed E-state index contributed by atoms with van der Waals surface area (Å²) in [6.45, 7) is 0. The smallest absolute Gasteiger partial charge is 0.260 e. The second-order valence-corrected chi connectivity index (χ2v) is 7.66. The Morgan fingerprint density at radius 3 is 2.92 bits per heavy atom. The van der Waals surface area contributed by atoms with Crippen molar-refractivity contribution in [1.29, 1.82) is 5.26 Å². The quantitative estimate of drug-likeness (QED) is 0.510. The molecule has 0 aliphatic rings. The molecule has 126 valence electrons. The Hall–Kier alpha value is -2.72. The molecule has 0 atom stereocenters. The second kappa shape index (κ2) is 6.89. The molecule has 3 aromatic heterocycles. The highest BCUT2D eigenvalue weighted by atomic mass is 35.5. The van der Waals surface area contributed by atoms with Crippen molar-refractivity contribution in [3.63, 3.8) is 0 Å². The van der Waals surface area contributed by atoms with E-state index in [1.807, 2.05) is 29.0 Å². The van der Waals surface area contributed by atoms with Gasteiger partial charge in [0.05, 0.1) is 22.1 Å². The third-order valence-electron chi connectivity index (χ3n) is 3.77. The molecule has 4 nitrogen and oxygen atoms in total. The highest BCUT2D eigenvalue weighted by Gasteiger charge is 2.14. The average molecular weight is 396 g/mol. The van der Waals surface area contributed by atoms with Crippen LogP contribution < -0.4 is 5.56 Å². The molecule has 0 bridgehead atoms. The highest BCUT2D eigenvalue weighted by Crippen LogP contribution is 2.34. The molecule has 3 heterocycles. The van der Waals surface area contributed by atoms with Gasteiger partial charge in [-0.3, -0.25) is 4.79 Å². The van der Waals surface area contributed by atoms with Crippen molar-refractivity contribution in [2.24, 2.45) is 0 Å². The molecule has 1 N–H and O–H groups in total. The summed E-state index contributed by atoms with van der Waals surface area (Å²) in [5.41, 5.74) is 1.98. The lowest BCUT2D eigenvalue weighted by Gasteiger charge is -2.01. The summed E-state index contributed by atoms with van der Waals surface area (Å²) in [6, 6.07) is 13.1. The fourth-order valence-electron chi connectivity index (χ4n) is 2.59. The van der Waals surface area contributed by atoms with Gasteiger partial charge < -0.3 is 4.98 Å². The molecule has 0 saturated carbocycles. The van der Waals surface area contributed by atoms with Gasteiger partial charge in [0.2, 0.25) is 0 Å². The minimum atomic E-state index is -0.216. The number of fused-ring (bicyclic) bond motifs is 1. The van der Waals surface area contributed by atoms with E-state index < -0.39 is 0 Å². The lowest BCUT2D eigenvalue weighted by Crippen LogP contribution is -2.10. The van der Waals surface area contributed by atoms with E-state index in [9.17, 15) is 4.79 Å². The summed E-state index contributed by atoms with van der Waals surface area (Å²) < 4.78 is 0. The predicted octanol–water partition coefficient (Wildman–Crippen LogP) is 5.32. The Morgan fingerprint density at radius 1 is 1.27 bits per heavy atom. The standard InChI is InChI=1S/C19H10ClN3OS2/c20-14(8-11-3-1-4-12(7-11)9-21)17-22-18(24)16-13(10-26-19(16)23-17)15-5-2-6-25-15/h1-8,10H,(H,22,23,24). The first kappa shape index (κ1) is 16.7. The van der Waals surface area contributed by atoms with Gasteiger partial charge in [-0.05, 0) is 35.2 Å². The molecule has 0 unspecified atom stereocenters. The van der Waals surface area contributed by atoms with Crippen LogP contribution in [0.5, 0.6) is 0 Å². The maximum atomic E-state index is 12.6. The number of rotatable bonds is 3. The average Bonchev–Trinajstić information content (AvgIpc) is 3.31. The summed E-state index contributed by atoms with van der Waals surface area (Å²) in [7, 11) is 0. The van der Waals surface area contributed by atoms with Crippen LogP contribution >= 0.6 is 34.3 Å². The second-order valence-electron chi connectivity index (χ2n) is 5.45. The van der Waals surface area contributed by atoms with Crippen molar-refractivity contribution in [3.05, 3.63) is 74.5 Å². The van der Waals surface area contributed by atoms with Gasteiger partial charge in [-0.15, -0.1) is 22.7 Å². The summed E-state index contributed by atoms with van der Waals surface area (Å²) >= 11 is 9.37. The molecular formula is C19H10ClN3OS2. The monoisotopic (exact) mass is 395 g/mol. The summed E-state index contributed by atoms with van der Waals surface area (Å²) in [6.07, 6.45) is 1.68. The molecule has 0 amide bonds. The maximum absolute atomic E-state index is 12.6. The van der Waals surface area contributed by atoms with E-state index >= 15 is 0 Å². The zero-order valence-electron chi connectivity index (χ0n) is 13.2. The van der Waals surface area contributed by atoms with E-state index in [0.717, 1.165) is 16.0 Å². The van der Waals surface area contributed by atoms with Crippen LogP contribution in [-0.4, -0.2) is 9.97 Å². The van der Waals surface area contributed by atoms with Crippen LogP contribution in [0.15, 0.2) is 52.0 Å². The molecule has 0 fully saturated rings. The van der Waals surface area contributed by atoms with E-state index in [1.54, 1.807) is 35.6 Å². The van der Waals surface area contributed by atoms with Crippen LogP contribution in [0.25, 0.3) is 31.8 Å². The van der Waals surface area contributed by atoms with Gasteiger partial charge in [0, 0.05) is 15.8 Å². The lowest BCUT2D eigenvalue weighted by molar-refractivity contribution is 1.14. The molecule has 4 aromatic rings. The van der Waals surface area contributed by atoms with Crippen molar-refractivity contribution < 1.29 is 0 Å². The highest BCUT2D eigenvalue weighted by molar-refractivity contribution is 7.18. The molecule has 26 heavy (non-hydrogen) atoms. The van der Waals surface area contributed by atoms with Crippen molar-refractivity contribution in [2.45, 2.75) is 0 Å². The van der Waals surface area contributed by atoms with Crippen LogP contribution in [0.4, 0.5) is 0 Å². The third-order valence-corrected chi connectivity index (χ3v) is 5.83. The van der Waals surface area contributed by atoms with Crippen molar-refractivity contribution in [3.8, 4) is 16.5 Å². The molecule has 4 rings (SSSR count). The van der Waals surface area contributed by atoms with Crippen LogP contribution in [0.1, 0.15) is 17.0 Å². The SMILES string of the molecule is N#Cc1cccc(C=C(Cl)c2nc3scc(-c4cccs4)c3c(=O)[nH]2)c1. The van der Waals surface area contributed by atoms with Gasteiger partial charge >= 0.3 is 0 Å². The van der Waals surface area contributed by atoms with Gasteiger partial charge in [0.15, 0.2) is 5.82 Å². The number of aromatic nitrogens is 2. The topological polar surface area (TPSA) is 69.5 Å². The molecular weight excluding hydrogens is 386 g/mol. The van der Waals surface area contributed by atoms with Gasteiger partial charge in [-0.1, -0.05) is 29.8 Å². The molecule has 0 spiro atoms. The van der Waals surface area contributed by atoms with Crippen molar-refractivity contribution in [1.82, 2.24) is 9.97 Å². The van der Waals surface area contributed by atoms with E-state index in [-0.39, 0.29) is 5.56 Å². The number of nitriles is 1. The van der Waals surface area contributed by atoms with Crippen LogP contribution in [0.3, 0.4) is 0 Å². The van der Waals surface area contributed by atoms with Gasteiger partial charge in [-0.2, -0.15) is 5.26 Å². The van der Waals surface area contributed by atoms with Crippen molar-refractivity contribution in [2.75, 3.05) is 0 Å². The Labute approximate surface area is 161 Å². The van der Waals surface area contributed by atoms with Gasteiger partial charge in [0.1, 0.15) is 4.83 Å².